The summed E-state index contributed by atoms with van der Waals surface area (Å²) in [5, 5.41) is 5.26. The third kappa shape index (κ3) is 2.02. The summed E-state index contributed by atoms with van der Waals surface area (Å²) in [6, 6.07) is 8.15. The van der Waals surface area contributed by atoms with E-state index in [9.17, 15) is 0 Å². The van der Waals surface area contributed by atoms with Crippen LogP contribution >= 0.6 is 11.6 Å². The first kappa shape index (κ1) is 13.1. The van der Waals surface area contributed by atoms with Crippen LogP contribution in [0.3, 0.4) is 0 Å². The van der Waals surface area contributed by atoms with Gasteiger partial charge in [-0.25, -0.2) is 9.97 Å². The van der Waals surface area contributed by atoms with E-state index in [1.54, 1.807) is 0 Å². The lowest BCUT2D eigenvalue weighted by Crippen LogP contribution is -2.54. The summed E-state index contributed by atoms with van der Waals surface area (Å²) < 4.78 is 0. The lowest BCUT2D eigenvalue weighted by Gasteiger charge is -2.57. The molecule has 0 spiro atoms. The topological polar surface area (TPSA) is 37.8 Å². The van der Waals surface area contributed by atoms with Gasteiger partial charge in [0.1, 0.15) is 5.82 Å². The maximum Gasteiger partial charge on any atom is 0.224 e. The van der Waals surface area contributed by atoms with Crippen molar-refractivity contribution in [1.29, 1.82) is 0 Å². The van der Waals surface area contributed by atoms with E-state index < -0.39 is 0 Å². The maximum atomic E-state index is 6.15. The zero-order valence-corrected chi connectivity index (χ0v) is 13.3. The van der Waals surface area contributed by atoms with Gasteiger partial charge in [0, 0.05) is 10.9 Å². The standard InChI is InChI=1S/C18H20ClN3/c19-17-20-15-4-2-1-3-14(15)16(21-17)22-18-8-11-5-12(9-18)7-13(6-11)10-18/h1-4,11-13H,5-10H2,(H,20,21,22). The van der Waals surface area contributed by atoms with Crippen molar-refractivity contribution in [1.82, 2.24) is 9.97 Å². The zero-order valence-electron chi connectivity index (χ0n) is 12.6. The number of rotatable bonds is 2. The van der Waals surface area contributed by atoms with Crippen LogP contribution in [0.25, 0.3) is 10.9 Å². The highest BCUT2D eigenvalue weighted by Gasteiger charge is 2.51. The van der Waals surface area contributed by atoms with Crippen molar-refractivity contribution in [2.45, 2.75) is 44.1 Å². The molecule has 4 saturated carbocycles. The Bertz CT molecular complexity index is 707. The molecule has 0 atom stereocenters. The summed E-state index contributed by atoms with van der Waals surface area (Å²) in [5.41, 5.74) is 1.17. The molecule has 4 aliphatic rings. The van der Waals surface area contributed by atoms with Gasteiger partial charge in [-0.3, -0.25) is 0 Å². The molecular weight excluding hydrogens is 294 g/mol. The molecule has 22 heavy (non-hydrogen) atoms. The van der Waals surface area contributed by atoms with Crippen molar-refractivity contribution in [3.8, 4) is 0 Å². The van der Waals surface area contributed by atoms with E-state index in [1.165, 1.54) is 38.5 Å². The second kappa shape index (κ2) is 4.58. The molecular formula is C18H20ClN3. The van der Waals surface area contributed by atoms with E-state index in [0.717, 1.165) is 34.5 Å². The molecule has 4 bridgehead atoms. The van der Waals surface area contributed by atoms with Gasteiger partial charge in [0.25, 0.3) is 0 Å². The van der Waals surface area contributed by atoms with Gasteiger partial charge in [-0.15, -0.1) is 0 Å². The van der Waals surface area contributed by atoms with Crippen LogP contribution < -0.4 is 5.32 Å². The lowest BCUT2D eigenvalue weighted by molar-refractivity contribution is 0.0106. The molecule has 1 aromatic heterocycles. The number of nitrogens with one attached hydrogen (secondary N) is 1. The number of hydrogen-bond acceptors (Lipinski definition) is 3. The van der Waals surface area contributed by atoms with Crippen LogP contribution in [0.15, 0.2) is 24.3 Å². The summed E-state index contributed by atoms with van der Waals surface area (Å²) in [4.78, 5) is 8.87. The molecule has 0 amide bonds. The second-order valence-electron chi connectivity index (χ2n) is 7.68. The van der Waals surface area contributed by atoms with Crippen LogP contribution in [0.4, 0.5) is 5.82 Å². The molecule has 3 nitrogen and oxygen atoms in total. The normalized spacial score (nSPS) is 36.0. The summed E-state index contributed by atoms with van der Waals surface area (Å²) in [6.45, 7) is 0. The van der Waals surface area contributed by atoms with Crippen molar-refractivity contribution < 1.29 is 0 Å². The average Bonchev–Trinajstić information content (AvgIpc) is 2.45. The van der Waals surface area contributed by atoms with Crippen LogP contribution in [0.5, 0.6) is 0 Å². The van der Waals surface area contributed by atoms with Crippen molar-refractivity contribution in [3.05, 3.63) is 29.5 Å². The number of halogens is 1. The third-order valence-electron chi connectivity index (χ3n) is 6.00. The molecule has 2 aromatic rings. The van der Waals surface area contributed by atoms with Crippen LogP contribution in [0.1, 0.15) is 38.5 Å². The van der Waals surface area contributed by atoms with Crippen LogP contribution in [0.2, 0.25) is 5.28 Å². The van der Waals surface area contributed by atoms with E-state index in [4.69, 9.17) is 11.6 Å². The molecule has 0 saturated heterocycles. The molecule has 4 fully saturated rings. The smallest absolute Gasteiger partial charge is 0.224 e. The first-order valence-corrected chi connectivity index (χ1v) is 8.77. The molecule has 6 rings (SSSR count). The Morgan fingerprint density at radius 2 is 1.59 bits per heavy atom. The second-order valence-corrected chi connectivity index (χ2v) is 8.02. The SMILES string of the molecule is Clc1nc(NC23CC4CC(CC(C4)C2)C3)c2ccccc2n1. The fourth-order valence-corrected chi connectivity index (χ4v) is 5.83. The van der Waals surface area contributed by atoms with Crippen molar-refractivity contribution in [3.63, 3.8) is 0 Å². The number of fused-ring (bicyclic) bond motifs is 1. The van der Waals surface area contributed by atoms with Gasteiger partial charge in [-0.05, 0) is 80.0 Å². The minimum absolute atomic E-state index is 0.245. The molecule has 4 heteroatoms. The Labute approximate surface area is 135 Å². The molecule has 0 aliphatic heterocycles. The Kier molecular flexibility index (Phi) is 2.73. The van der Waals surface area contributed by atoms with Gasteiger partial charge < -0.3 is 5.32 Å². The highest BCUT2D eigenvalue weighted by Crippen LogP contribution is 2.56. The van der Waals surface area contributed by atoms with E-state index in [1.807, 2.05) is 18.2 Å². The van der Waals surface area contributed by atoms with E-state index in [2.05, 4.69) is 21.4 Å². The maximum absolute atomic E-state index is 6.15. The Morgan fingerprint density at radius 3 is 2.27 bits per heavy atom. The fraction of sp³-hybridized carbons (Fsp3) is 0.556. The molecule has 0 radical (unpaired) electrons. The Morgan fingerprint density at radius 1 is 0.955 bits per heavy atom. The number of hydrogen-bond donors (Lipinski definition) is 1. The number of nitrogens with zero attached hydrogens (tertiary/aromatic N) is 2. The molecule has 0 unspecified atom stereocenters. The number of anilines is 1. The summed E-state index contributed by atoms with van der Waals surface area (Å²) in [5.74, 6) is 3.68. The minimum atomic E-state index is 0.245. The fourth-order valence-electron chi connectivity index (χ4n) is 5.66. The van der Waals surface area contributed by atoms with Crippen molar-refractivity contribution in [2.75, 3.05) is 5.32 Å². The third-order valence-corrected chi connectivity index (χ3v) is 6.17. The number of para-hydroxylation sites is 1. The predicted octanol–water partition coefficient (Wildman–Crippen LogP) is 4.66. The van der Waals surface area contributed by atoms with Crippen LogP contribution in [0, 0.1) is 17.8 Å². The largest absolute Gasteiger partial charge is 0.364 e. The van der Waals surface area contributed by atoms with Gasteiger partial charge in [0.2, 0.25) is 5.28 Å². The van der Waals surface area contributed by atoms with Crippen LogP contribution in [-0.2, 0) is 0 Å². The first-order valence-electron chi connectivity index (χ1n) is 8.40. The quantitative estimate of drug-likeness (QED) is 0.819. The highest BCUT2D eigenvalue weighted by molar-refractivity contribution is 6.28. The number of aromatic nitrogens is 2. The minimum Gasteiger partial charge on any atom is -0.364 e. The lowest BCUT2D eigenvalue weighted by atomic mass is 9.53. The molecule has 1 aromatic carbocycles. The summed E-state index contributed by atoms with van der Waals surface area (Å²) in [7, 11) is 0. The van der Waals surface area contributed by atoms with Crippen LogP contribution in [-0.4, -0.2) is 15.5 Å². The Hall–Kier alpha value is -1.35. The van der Waals surface area contributed by atoms with E-state index in [-0.39, 0.29) is 5.54 Å². The predicted molar refractivity (Wildman–Crippen MR) is 89.1 cm³/mol. The van der Waals surface area contributed by atoms with Gasteiger partial charge in [0.15, 0.2) is 0 Å². The molecule has 1 heterocycles. The van der Waals surface area contributed by atoms with Crippen molar-refractivity contribution in [2.24, 2.45) is 17.8 Å². The monoisotopic (exact) mass is 313 g/mol. The molecule has 4 aliphatic carbocycles. The van der Waals surface area contributed by atoms with E-state index in [0.29, 0.717) is 5.28 Å². The zero-order chi connectivity index (χ0) is 14.7. The molecule has 114 valence electrons. The highest BCUT2D eigenvalue weighted by atomic mass is 35.5. The summed E-state index contributed by atoms with van der Waals surface area (Å²) in [6.07, 6.45) is 8.25. The van der Waals surface area contributed by atoms with Crippen molar-refractivity contribution >= 4 is 28.3 Å². The molecule has 1 N–H and O–H groups in total. The first-order chi connectivity index (χ1) is 10.7. The van der Waals surface area contributed by atoms with E-state index >= 15 is 0 Å². The van der Waals surface area contributed by atoms with Gasteiger partial charge >= 0.3 is 0 Å². The Balaban J connectivity index is 1.56. The van der Waals surface area contributed by atoms with Gasteiger partial charge in [0.05, 0.1) is 5.52 Å². The van der Waals surface area contributed by atoms with Gasteiger partial charge in [-0.2, -0.15) is 0 Å². The van der Waals surface area contributed by atoms with Gasteiger partial charge in [-0.1, -0.05) is 12.1 Å². The summed E-state index contributed by atoms with van der Waals surface area (Å²) >= 11 is 6.15. The number of benzene rings is 1. The average molecular weight is 314 g/mol.